The van der Waals surface area contributed by atoms with E-state index in [0.29, 0.717) is 5.92 Å². The van der Waals surface area contributed by atoms with Crippen molar-refractivity contribution in [3.05, 3.63) is 11.5 Å². The number of aryl methyl sites for hydroxylation is 1. The van der Waals surface area contributed by atoms with Crippen LogP contribution in [0.15, 0.2) is 5.03 Å². The fourth-order valence-electron chi connectivity index (χ4n) is 1.23. The molecule has 0 unspecified atom stereocenters. The summed E-state index contributed by atoms with van der Waals surface area (Å²) in [6.45, 7) is 6.41. The third-order valence-corrected chi connectivity index (χ3v) is 2.90. The monoisotopic (exact) mass is 184 g/mol. The van der Waals surface area contributed by atoms with Crippen molar-refractivity contribution in [1.82, 2.24) is 9.55 Å². The van der Waals surface area contributed by atoms with Gasteiger partial charge in [-0.1, -0.05) is 13.8 Å². The highest BCUT2D eigenvalue weighted by Crippen LogP contribution is 2.26. The Morgan fingerprint density at radius 1 is 1.42 bits per heavy atom. The molecule has 68 valence electrons. The molecule has 0 aliphatic heterocycles. The highest BCUT2D eigenvalue weighted by atomic mass is 32.2. The van der Waals surface area contributed by atoms with E-state index in [-0.39, 0.29) is 0 Å². The van der Waals surface area contributed by atoms with Gasteiger partial charge in [-0.2, -0.15) is 0 Å². The van der Waals surface area contributed by atoms with E-state index in [1.54, 1.807) is 11.8 Å². The van der Waals surface area contributed by atoms with Crippen LogP contribution < -0.4 is 0 Å². The maximum Gasteiger partial charge on any atom is 0.106 e. The van der Waals surface area contributed by atoms with Crippen LogP contribution in [0.1, 0.15) is 31.3 Å². The molecule has 0 fully saturated rings. The lowest BCUT2D eigenvalue weighted by molar-refractivity contribution is 0.755. The Morgan fingerprint density at radius 2 is 2.00 bits per heavy atom. The van der Waals surface area contributed by atoms with E-state index in [2.05, 4.69) is 36.7 Å². The van der Waals surface area contributed by atoms with Crippen molar-refractivity contribution in [2.24, 2.45) is 7.05 Å². The molecule has 1 aromatic rings. The van der Waals surface area contributed by atoms with Gasteiger partial charge in [0, 0.05) is 7.05 Å². The summed E-state index contributed by atoms with van der Waals surface area (Å²) in [4.78, 5) is 4.52. The van der Waals surface area contributed by atoms with Gasteiger partial charge in [0.2, 0.25) is 0 Å². The maximum atomic E-state index is 4.52. The molecule has 2 nitrogen and oxygen atoms in total. The quantitative estimate of drug-likeness (QED) is 0.657. The van der Waals surface area contributed by atoms with Crippen LogP contribution >= 0.6 is 11.8 Å². The first-order chi connectivity index (χ1) is 5.57. The summed E-state index contributed by atoms with van der Waals surface area (Å²) in [5.74, 6) is 1.62. The minimum atomic E-state index is 0.521. The van der Waals surface area contributed by atoms with Gasteiger partial charge >= 0.3 is 0 Å². The molecule has 0 radical (unpaired) electrons. The predicted molar refractivity (Wildman–Crippen MR) is 53.8 cm³/mol. The predicted octanol–water partition coefficient (Wildman–Crippen LogP) is 2.57. The van der Waals surface area contributed by atoms with Crippen molar-refractivity contribution < 1.29 is 0 Å². The number of aromatic nitrogens is 2. The minimum absolute atomic E-state index is 0.521. The molecule has 12 heavy (non-hydrogen) atoms. The second-order valence-corrected chi connectivity index (χ2v) is 4.06. The fourth-order valence-corrected chi connectivity index (χ4v) is 2.13. The largest absolute Gasteiger partial charge is 0.326 e. The van der Waals surface area contributed by atoms with E-state index in [1.807, 2.05) is 6.92 Å². The van der Waals surface area contributed by atoms with Gasteiger partial charge in [-0.3, -0.25) is 0 Å². The molecule has 1 heterocycles. The van der Waals surface area contributed by atoms with Crippen LogP contribution in [-0.4, -0.2) is 15.8 Å². The second kappa shape index (κ2) is 3.52. The topological polar surface area (TPSA) is 17.8 Å². The molecule has 1 aromatic heterocycles. The third kappa shape index (κ3) is 1.51. The average Bonchev–Trinajstić information content (AvgIpc) is 2.29. The lowest BCUT2D eigenvalue weighted by Gasteiger charge is -2.04. The van der Waals surface area contributed by atoms with Crippen LogP contribution in [0.4, 0.5) is 0 Å². The maximum absolute atomic E-state index is 4.52. The van der Waals surface area contributed by atoms with Crippen LogP contribution in [0, 0.1) is 6.92 Å². The number of rotatable bonds is 2. The van der Waals surface area contributed by atoms with Crippen LogP contribution in [0.3, 0.4) is 0 Å². The average molecular weight is 184 g/mol. The van der Waals surface area contributed by atoms with E-state index < -0.39 is 0 Å². The van der Waals surface area contributed by atoms with Gasteiger partial charge in [0.05, 0.1) is 10.7 Å². The lowest BCUT2D eigenvalue weighted by atomic mass is 10.2. The minimum Gasteiger partial charge on any atom is -0.326 e. The third-order valence-electron chi connectivity index (χ3n) is 2.03. The number of nitrogens with zero attached hydrogens (tertiary/aromatic N) is 2. The summed E-state index contributed by atoms with van der Waals surface area (Å²) >= 11 is 1.77. The van der Waals surface area contributed by atoms with Gasteiger partial charge in [0.1, 0.15) is 5.82 Å². The van der Waals surface area contributed by atoms with Crippen LogP contribution in [-0.2, 0) is 7.05 Å². The van der Waals surface area contributed by atoms with Crippen molar-refractivity contribution >= 4 is 11.8 Å². The second-order valence-electron chi connectivity index (χ2n) is 3.27. The molecular formula is C9H16N2S. The SMILES string of the molecule is CSc1c(C(C)C)nc(C)n1C. The summed E-state index contributed by atoms with van der Waals surface area (Å²) in [6, 6.07) is 0. The van der Waals surface area contributed by atoms with Crippen LogP contribution in [0.5, 0.6) is 0 Å². The smallest absolute Gasteiger partial charge is 0.106 e. The molecule has 0 N–H and O–H groups in total. The van der Waals surface area contributed by atoms with E-state index in [4.69, 9.17) is 0 Å². The Kier molecular flexibility index (Phi) is 2.83. The standard InChI is InChI=1S/C9H16N2S/c1-6(2)8-9(12-5)11(4)7(3)10-8/h6H,1-5H3. The normalized spacial score (nSPS) is 11.2. The number of imidazole rings is 1. The van der Waals surface area contributed by atoms with Crippen molar-refractivity contribution in [1.29, 1.82) is 0 Å². The highest BCUT2D eigenvalue weighted by Gasteiger charge is 2.13. The summed E-state index contributed by atoms with van der Waals surface area (Å²) in [5, 5.41) is 1.29. The summed E-state index contributed by atoms with van der Waals surface area (Å²) < 4.78 is 2.15. The Bertz CT molecular complexity index is 276. The highest BCUT2D eigenvalue weighted by molar-refractivity contribution is 7.98. The molecule has 0 spiro atoms. The lowest BCUT2D eigenvalue weighted by Crippen LogP contribution is -1.94. The van der Waals surface area contributed by atoms with Gasteiger partial charge in [-0.25, -0.2) is 4.98 Å². The number of hydrogen-bond donors (Lipinski definition) is 0. The van der Waals surface area contributed by atoms with Gasteiger partial charge in [-0.15, -0.1) is 11.8 Å². The Hall–Kier alpha value is -0.440. The molecule has 3 heteroatoms. The van der Waals surface area contributed by atoms with Gasteiger partial charge in [0.15, 0.2) is 0 Å². The molecule has 0 aliphatic rings. The molecule has 0 saturated heterocycles. The molecule has 0 aliphatic carbocycles. The van der Waals surface area contributed by atoms with E-state index in [0.717, 1.165) is 5.82 Å². The summed E-state index contributed by atoms with van der Waals surface area (Å²) in [5.41, 5.74) is 1.22. The molecule has 1 rings (SSSR count). The summed E-state index contributed by atoms with van der Waals surface area (Å²) in [6.07, 6.45) is 2.10. The molecule has 0 atom stereocenters. The number of hydrogen-bond acceptors (Lipinski definition) is 2. The van der Waals surface area contributed by atoms with Crippen molar-refractivity contribution in [2.75, 3.05) is 6.26 Å². The summed E-state index contributed by atoms with van der Waals surface area (Å²) in [7, 11) is 2.07. The zero-order valence-corrected chi connectivity index (χ0v) is 9.20. The van der Waals surface area contributed by atoms with Gasteiger partial charge in [0.25, 0.3) is 0 Å². The first-order valence-corrected chi connectivity index (χ1v) is 5.37. The van der Waals surface area contributed by atoms with E-state index in [9.17, 15) is 0 Å². The van der Waals surface area contributed by atoms with Gasteiger partial charge < -0.3 is 4.57 Å². The first kappa shape index (κ1) is 9.65. The Labute approximate surface area is 78.4 Å². The van der Waals surface area contributed by atoms with Crippen molar-refractivity contribution in [3.63, 3.8) is 0 Å². The van der Waals surface area contributed by atoms with Crippen molar-refractivity contribution in [2.45, 2.75) is 31.7 Å². The van der Waals surface area contributed by atoms with E-state index >= 15 is 0 Å². The van der Waals surface area contributed by atoms with E-state index in [1.165, 1.54) is 10.7 Å². The molecule has 0 aromatic carbocycles. The Balaban J connectivity index is 3.20. The van der Waals surface area contributed by atoms with Crippen molar-refractivity contribution in [3.8, 4) is 0 Å². The fraction of sp³-hybridized carbons (Fsp3) is 0.667. The zero-order valence-electron chi connectivity index (χ0n) is 8.38. The molecule has 0 saturated carbocycles. The molecular weight excluding hydrogens is 168 g/mol. The van der Waals surface area contributed by atoms with Crippen LogP contribution in [0.2, 0.25) is 0 Å². The number of thioether (sulfide) groups is 1. The molecule has 0 bridgehead atoms. The van der Waals surface area contributed by atoms with Gasteiger partial charge in [-0.05, 0) is 19.1 Å². The zero-order chi connectivity index (χ0) is 9.30. The molecule has 0 amide bonds. The Morgan fingerprint density at radius 3 is 2.33 bits per heavy atom. The van der Waals surface area contributed by atoms with Crippen LogP contribution in [0.25, 0.3) is 0 Å². The first-order valence-electron chi connectivity index (χ1n) is 4.15.